The average Bonchev–Trinajstić information content (AvgIpc) is 2.67. The van der Waals surface area contributed by atoms with E-state index in [1.54, 1.807) is 25.4 Å². The largest absolute Gasteiger partial charge is 0.294 e. The molecule has 0 N–H and O–H groups in total. The molecular formula is C10H8N2OS. The molecular weight excluding hydrogens is 196 g/mol. The molecule has 0 aliphatic rings. The molecule has 0 aromatic carbocycles. The van der Waals surface area contributed by atoms with Crippen molar-refractivity contribution in [3.05, 3.63) is 34.8 Å². The van der Waals surface area contributed by atoms with Gasteiger partial charge in [-0.15, -0.1) is 0 Å². The zero-order valence-corrected chi connectivity index (χ0v) is 8.41. The van der Waals surface area contributed by atoms with Crippen molar-refractivity contribution in [1.82, 2.24) is 9.97 Å². The number of carbonyl (C=O) groups excluding carboxylic acids is 1. The fourth-order valence-corrected chi connectivity index (χ4v) is 2.05. The summed E-state index contributed by atoms with van der Waals surface area (Å²) in [5.41, 5.74) is 1.52. The van der Waals surface area contributed by atoms with Gasteiger partial charge in [0.1, 0.15) is 0 Å². The Morgan fingerprint density at radius 2 is 2.00 bits per heavy atom. The normalized spacial score (nSPS) is 10.1. The minimum atomic E-state index is 0.0497. The Morgan fingerprint density at radius 1 is 1.29 bits per heavy atom. The lowest BCUT2D eigenvalue weighted by atomic mass is 10.1. The Kier molecular flexibility index (Phi) is 2.37. The summed E-state index contributed by atoms with van der Waals surface area (Å²) in [5, 5.41) is 3.72. The number of rotatable bonds is 2. The van der Waals surface area contributed by atoms with Gasteiger partial charge in [0.2, 0.25) is 0 Å². The van der Waals surface area contributed by atoms with Crippen molar-refractivity contribution in [2.75, 3.05) is 0 Å². The zero-order valence-electron chi connectivity index (χ0n) is 7.60. The van der Waals surface area contributed by atoms with Gasteiger partial charge in [-0.1, -0.05) is 0 Å². The minimum Gasteiger partial charge on any atom is -0.294 e. The second kappa shape index (κ2) is 3.67. The van der Waals surface area contributed by atoms with Gasteiger partial charge in [-0.25, -0.2) is 9.97 Å². The van der Waals surface area contributed by atoms with E-state index in [0.717, 1.165) is 5.56 Å². The van der Waals surface area contributed by atoms with Crippen LogP contribution in [0.2, 0.25) is 0 Å². The summed E-state index contributed by atoms with van der Waals surface area (Å²) in [6, 6.07) is 1.75. The van der Waals surface area contributed by atoms with E-state index in [-0.39, 0.29) is 5.78 Å². The highest BCUT2D eigenvalue weighted by Crippen LogP contribution is 2.24. The van der Waals surface area contributed by atoms with E-state index in [0.29, 0.717) is 11.4 Å². The van der Waals surface area contributed by atoms with E-state index in [9.17, 15) is 4.79 Å². The van der Waals surface area contributed by atoms with E-state index in [1.165, 1.54) is 11.3 Å². The van der Waals surface area contributed by atoms with Crippen LogP contribution in [0.1, 0.15) is 17.3 Å². The third kappa shape index (κ3) is 1.56. The molecule has 0 fully saturated rings. The van der Waals surface area contributed by atoms with Gasteiger partial charge in [-0.2, -0.15) is 11.3 Å². The van der Waals surface area contributed by atoms with Crippen LogP contribution in [0.15, 0.2) is 29.2 Å². The van der Waals surface area contributed by atoms with Crippen LogP contribution in [0.25, 0.3) is 11.4 Å². The van der Waals surface area contributed by atoms with Crippen molar-refractivity contribution in [3.8, 4) is 11.4 Å². The van der Waals surface area contributed by atoms with E-state index >= 15 is 0 Å². The molecule has 14 heavy (non-hydrogen) atoms. The van der Waals surface area contributed by atoms with Gasteiger partial charge in [-0.3, -0.25) is 4.79 Å². The number of hydrogen-bond donors (Lipinski definition) is 0. The molecule has 0 saturated heterocycles. The summed E-state index contributed by atoms with van der Waals surface area (Å²) in [4.78, 5) is 19.5. The monoisotopic (exact) mass is 204 g/mol. The maximum absolute atomic E-state index is 11.3. The molecule has 0 amide bonds. The minimum absolute atomic E-state index is 0.0497. The first-order chi connectivity index (χ1) is 6.79. The number of aromatic nitrogens is 2. The third-order valence-electron chi connectivity index (χ3n) is 1.85. The standard InChI is InChI=1S/C10H8N2OS/c1-7(13)8-5-14-6-9(8)10-11-3-2-4-12-10/h2-6H,1H3. The highest BCUT2D eigenvalue weighted by atomic mass is 32.1. The van der Waals surface area contributed by atoms with Gasteiger partial charge in [-0.05, 0) is 13.0 Å². The first-order valence-electron chi connectivity index (χ1n) is 4.13. The zero-order chi connectivity index (χ0) is 9.97. The average molecular weight is 204 g/mol. The third-order valence-corrected chi connectivity index (χ3v) is 2.59. The molecule has 2 heterocycles. The van der Waals surface area contributed by atoms with Crippen LogP contribution in [0.3, 0.4) is 0 Å². The van der Waals surface area contributed by atoms with Gasteiger partial charge in [0, 0.05) is 34.3 Å². The number of carbonyl (C=O) groups is 1. The van der Waals surface area contributed by atoms with Gasteiger partial charge < -0.3 is 0 Å². The Labute approximate surface area is 85.5 Å². The SMILES string of the molecule is CC(=O)c1cscc1-c1ncccn1. The van der Waals surface area contributed by atoms with Crippen LogP contribution in [-0.4, -0.2) is 15.8 Å². The Balaban J connectivity index is 2.52. The first-order valence-corrected chi connectivity index (χ1v) is 5.08. The first kappa shape index (κ1) is 9.02. The van der Waals surface area contributed by atoms with Crippen LogP contribution >= 0.6 is 11.3 Å². The van der Waals surface area contributed by atoms with Gasteiger partial charge in [0.05, 0.1) is 0 Å². The van der Waals surface area contributed by atoms with E-state index in [1.807, 2.05) is 10.8 Å². The predicted molar refractivity (Wildman–Crippen MR) is 55.3 cm³/mol. The number of nitrogens with zero attached hydrogens (tertiary/aromatic N) is 2. The molecule has 3 nitrogen and oxygen atoms in total. The van der Waals surface area contributed by atoms with Crippen LogP contribution in [0.5, 0.6) is 0 Å². The lowest BCUT2D eigenvalue weighted by Gasteiger charge is -1.97. The highest BCUT2D eigenvalue weighted by molar-refractivity contribution is 7.08. The predicted octanol–water partition coefficient (Wildman–Crippen LogP) is 2.41. The Bertz CT molecular complexity index is 450. The molecule has 2 aromatic heterocycles. The summed E-state index contributed by atoms with van der Waals surface area (Å²) in [7, 11) is 0. The summed E-state index contributed by atoms with van der Waals surface area (Å²) >= 11 is 1.49. The molecule has 2 rings (SSSR count). The molecule has 4 heteroatoms. The van der Waals surface area contributed by atoms with Crippen molar-refractivity contribution in [1.29, 1.82) is 0 Å². The lowest BCUT2D eigenvalue weighted by Crippen LogP contribution is -1.94. The van der Waals surface area contributed by atoms with Crippen LogP contribution in [0.4, 0.5) is 0 Å². The molecule has 0 atom stereocenters. The van der Waals surface area contributed by atoms with Gasteiger partial charge >= 0.3 is 0 Å². The van der Waals surface area contributed by atoms with Crippen LogP contribution < -0.4 is 0 Å². The molecule has 0 bridgehead atoms. The van der Waals surface area contributed by atoms with Gasteiger partial charge in [0.25, 0.3) is 0 Å². The van der Waals surface area contributed by atoms with E-state index < -0.39 is 0 Å². The summed E-state index contributed by atoms with van der Waals surface area (Å²) in [6.45, 7) is 1.55. The molecule has 0 radical (unpaired) electrons. The van der Waals surface area contributed by atoms with Crippen molar-refractivity contribution in [3.63, 3.8) is 0 Å². The molecule has 0 unspecified atom stereocenters. The smallest absolute Gasteiger partial charge is 0.161 e. The molecule has 0 saturated carbocycles. The Morgan fingerprint density at radius 3 is 2.64 bits per heavy atom. The molecule has 0 aliphatic carbocycles. The summed E-state index contributed by atoms with van der Waals surface area (Å²) < 4.78 is 0. The molecule has 70 valence electrons. The molecule has 0 aliphatic heterocycles. The Hall–Kier alpha value is -1.55. The van der Waals surface area contributed by atoms with Crippen LogP contribution in [0, 0.1) is 0 Å². The summed E-state index contributed by atoms with van der Waals surface area (Å²) in [6.07, 6.45) is 3.34. The van der Waals surface area contributed by atoms with Gasteiger partial charge in [0.15, 0.2) is 11.6 Å². The molecule has 2 aromatic rings. The lowest BCUT2D eigenvalue weighted by molar-refractivity contribution is 0.101. The maximum atomic E-state index is 11.3. The number of thiophene rings is 1. The fourth-order valence-electron chi connectivity index (χ4n) is 1.18. The molecule has 0 spiro atoms. The van der Waals surface area contributed by atoms with Crippen molar-refractivity contribution >= 4 is 17.1 Å². The topological polar surface area (TPSA) is 42.9 Å². The number of ketones is 1. The van der Waals surface area contributed by atoms with Crippen LogP contribution in [-0.2, 0) is 0 Å². The fraction of sp³-hybridized carbons (Fsp3) is 0.100. The van der Waals surface area contributed by atoms with Crippen molar-refractivity contribution in [2.45, 2.75) is 6.92 Å². The number of hydrogen-bond acceptors (Lipinski definition) is 4. The number of Topliss-reactive ketones (excluding diaryl/α,β-unsaturated/α-hetero) is 1. The quantitative estimate of drug-likeness (QED) is 0.705. The second-order valence-electron chi connectivity index (χ2n) is 2.83. The van der Waals surface area contributed by atoms with E-state index in [4.69, 9.17) is 0 Å². The summed E-state index contributed by atoms with van der Waals surface area (Å²) in [5.74, 6) is 0.660. The second-order valence-corrected chi connectivity index (χ2v) is 3.57. The van der Waals surface area contributed by atoms with E-state index in [2.05, 4.69) is 9.97 Å². The van der Waals surface area contributed by atoms with Crippen molar-refractivity contribution < 1.29 is 4.79 Å². The highest BCUT2D eigenvalue weighted by Gasteiger charge is 2.11. The maximum Gasteiger partial charge on any atom is 0.161 e. The van der Waals surface area contributed by atoms with Crippen molar-refractivity contribution in [2.24, 2.45) is 0 Å².